The van der Waals surface area contributed by atoms with Gasteiger partial charge in [0.2, 0.25) is 0 Å². The first-order valence-corrected chi connectivity index (χ1v) is 4.89. The maximum Gasteiger partial charge on any atom is 0.389 e. The fraction of sp³-hybridized carbons (Fsp3) is 0.545. The summed E-state index contributed by atoms with van der Waals surface area (Å²) in [7, 11) is 0. The molecule has 5 heteroatoms. The van der Waals surface area contributed by atoms with Crippen molar-refractivity contribution in [3.8, 4) is 0 Å². The summed E-state index contributed by atoms with van der Waals surface area (Å²) in [5.74, 6) is 0.458. The van der Waals surface area contributed by atoms with Crippen molar-refractivity contribution in [2.24, 2.45) is 0 Å². The highest BCUT2D eigenvalue weighted by Crippen LogP contribution is 2.26. The Labute approximate surface area is 91.4 Å². The van der Waals surface area contributed by atoms with Crippen molar-refractivity contribution in [2.45, 2.75) is 39.8 Å². The van der Waals surface area contributed by atoms with Crippen LogP contribution < -0.4 is 0 Å². The highest BCUT2D eigenvalue weighted by molar-refractivity contribution is 5.98. The van der Waals surface area contributed by atoms with Gasteiger partial charge in [-0.1, -0.05) is 0 Å². The average Bonchev–Trinajstić information content (AvgIpc) is 2.36. The highest BCUT2D eigenvalue weighted by atomic mass is 19.4. The van der Waals surface area contributed by atoms with Crippen molar-refractivity contribution in [1.29, 1.82) is 0 Å². The van der Waals surface area contributed by atoms with Crippen LogP contribution in [0.2, 0.25) is 0 Å². The first-order valence-electron chi connectivity index (χ1n) is 4.89. The topological polar surface area (TPSA) is 30.2 Å². The number of hydrogen-bond acceptors (Lipinski definition) is 2. The predicted octanol–water partition coefficient (Wildman–Crippen LogP) is 3.73. The zero-order chi connectivity index (χ0) is 12.5. The third kappa shape index (κ3) is 2.87. The molecule has 0 aliphatic rings. The number of furan rings is 1. The molecule has 16 heavy (non-hydrogen) atoms. The van der Waals surface area contributed by atoms with Crippen LogP contribution in [0, 0.1) is 20.8 Å². The fourth-order valence-corrected chi connectivity index (χ4v) is 1.58. The van der Waals surface area contributed by atoms with Crippen LogP contribution in [0.15, 0.2) is 4.42 Å². The van der Waals surface area contributed by atoms with Crippen molar-refractivity contribution in [1.82, 2.24) is 0 Å². The molecule has 1 heterocycles. The van der Waals surface area contributed by atoms with Crippen LogP contribution in [0.3, 0.4) is 0 Å². The van der Waals surface area contributed by atoms with Gasteiger partial charge in [-0.05, 0) is 20.8 Å². The summed E-state index contributed by atoms with van der Waals surface area (Å²) in [6, 6.07) is 0. The third-order valence-electron chi connectivity index (χ3n) is 2.48. The van der Waals surface area contributed by atoms with E-state index in [2.05, 4.69) is 0 Å². The minimum atomic E-state index is -4.30. The van der Waals surface area contributed by atoms with Crippen molar-refractivity contribution in [3.05, 3.63) is 22.6 Å². The second-order valence-corrected chi connectivity index (χ2v) is 3.75. The van der Waals surface area contributed by atoms with E-state index in [-0.39, 0.29) is 0 Å². The van der Waals surface area contributed by atoms with Crippen LogP contribution in [0.25, 0.3) is 0 Å². The van der Waals surface area contributed by atoms with Gasteiger partial charge in [0.15, 0.2) is 5.78 Å². The summed E-state index contributed by atoms with van der Waals surface area (Å²) in [4.78, 5) is 11.6. The molecule has 1 rings (SSSR count). The van der Waals surface area contributed by atoms with Crippen molar-refractivity contribution >= 4 is 5.78 Å². The molecule has 0 spiro atoms. The molecule has 0 saturated carbocycles. The van der Waals surface area contributed by atoms with Crippen LogP contribution in [-0.4, -0.2) is 12.0 Å². The number of rotatable bonds is 3. The van der Waals surface area contributed by atoms with E-state index in [9.17, 15) is 18.0 Å². The normalized spacial score (nSPS) is 11.9. The Bertz CT molecular complexity index is 402. The third-order valence-corrected chi connectivity index (χ3v) is 2.48. The maximum atomic E-state index is 12.0. The molecule has 0 saturated heterocycles. The zero-order valence-corrected chi connectivity index (χ0v) is 9.36. The summed E-state index contributed by atoms with van der Waals surface area (Å²) in [5, 5.41) is 0. The number of Topliss-reactive ketones (excluding diaryl/α,β-unsaturated/α-hetero) is 1. The molecule has 0 fully saturated rings. The largest absolute Gasteiger partial charge is 0.466 e. The van der Waals surface area contributed by atoms with Gasteiger partial charge in [0.25, 0.3) is 0 Å². The van der Waals surface area contributed by atoms with E-state index in [0.717, 1.165) is 0 Å². The smallest absolute Gasteiger partial charge is 0.389 e. The lowest BCUT2D eigenvalue weighted by Crippen LogP contribution is -2.11. The van der Waals surface area contributed by atoms with Crippen LogP contribution in [0.5, 0.6) is 0 Å². The number of carbonyl (C=O) groups excluding carboxylic acids is 1. The number of hydrogen-bond donors (Lipinski definition) is 0. The summed E-state index contributed by atoms with van der Waals surface area (Å²) in [6.45, 7) is 4.94. The van der Waals surface area contributed by atoms with Gasteiger partial charge in [-0.2, -0.15) is 13.2 Å². The van der Waals surface area contributed by atoms with Crippen LogP contribution >= 0.6 is 0 Å². The Morgan fingerprint density at radius 1 is 1.19 bits per heavy atom. The summed E-state index contributed by atoms with van der Waals surface area (Å²) >= 11 is 0. The molecular formula is C11H13F3O2. The molecule has 2 nitrogen and oxygen atoms in total. The number of alkyl halides is 3. The van der Waals surface area contributed by atoms with Gasteiger partial charge < -0.3 is 4.42 Å². The Morgan fingerprint density at radius 3 is 2.12 bits per heavy atom. The number of halogens is 3. The molecule has 0 N–H and O–H groups in total. The minimum absolute atomic E-state index is 0.293. The first-order chi connectivity index (χ1) is 7.22. The summed E-state index contributed by atoms with van der Waals surface area (Å²) in [5.41, 5.74) is 0.923. The van der Waals surface area contributed by atoms with Crippen molar-refractivity contribution in [2.75, 3.05) is 0 Å². The lowest BCUT2D eigenvalue weighted by Gasteiger charge is -2.05. The molecule has 1 aromatic rings. The molecule has 1 aromatic heterocycles. The lowest BCUT2D eigenvalue weighted by molar-refractivity contribution is -0.133. The lowest BCUT2D eigenvalue weighted by atomic mass is 10.0. The van der Waals surface area contributed by atoms with Gasteiger partial charge in [-0.15, -0.1) is 0 Å². The predicted molar refractivity (Wildman–Crippen MR) is 52.5 cm³/mol. The second kappa shape index (κ2) is 4.31. The van der Waals surface area contributed by atoms with Crippen molar-refractivity contribution in [3.63, 3.8) is 0 Å². The Morgan fingerprint density at radius 2 is 1.75 bits per heavy atom. The van der Waals surface area contributed by atoms with E-state index < -0.39 is 24.8 Å². The van der Waals surface area contributed by atoms with E-state index in [0.29, 0.717) is 22.6 Å². The van der Waals surface area contributed by atoms with Crippen LogP contribution in [0.1, 0.15) is 40.3 Å². The summed E-state index contributed by atoms with van der Waals surface area (Å²) < 4.78 is 41.1. The van der Waals surface area contributed by atoms with Gasteiger partial charge in [0.1, 0.15) is 11.5 Å². The Balaban J connectivity index is 2.81. The van der Waals surface area contributed by atoms with Gasteiger partial charge >= 0.3 is 6.18 Å². The molecule has 0 bridgehead atoms. The number of ketones is 1. The molecule has 0 aromatic carbocycles. The molecule has 0 amide bonds. The van der Waals surface area contributed by atoms with E-state index >= 15 is 0 Å². The van der Waals surface area contributed by atoms with Gasteiger partial charge in [-0.25, -0.2) is 0 Å². The molecule has 0 unspecified atom stereocenters. The number of carbonyl (C=O) groups is 1. The average molecular weight is 234 g/mol. The van der Waals surface area contributed by atoms with Gasteiger partial charge in [0, 0.05) is 12.0 Å². The SMILES string of the molecule is Cc1oc(C)c(C(=O)CCC(F)(F)F)c1C. The minimum Gasteiger partial charge on any atom is -0.466 e. The van der Waals surface area contributed by atoms with Gasteiger partial charge in [-0.3, -0.25) is 4.79 Å². The Kier molecular flexibility index (Phi) is 3.45. The standard InChI is InChI=1S/C11H13F3O2/c1-6-7(2)16-8(3)10(6)9(15)4-5-11(12,13)14/h4-5H2,1-3H3. The van der Waals surface area contributed by atoms with Crippen LogP contribution in [-0.2, 0) is 0 Å². The van der Waals surface area contributed by atoms with E-state index in [1.807, 2.05) is 0 Å². The summed E-state index contributed by atoms with van der Waals surface area (Å²) in [6.07, 6.45) is -5.91. The quantitative estimate of drug-likeness (QED) is 0.746. The monoisotopic (exact) mass is 234 g/mol. The van der Waals surface area contributed by atoms with Crippen molar-refractivity contribution < 1.29 is 22.4 Å². The van der Waals surface area contributed by atoms with E-state index in [1.165, 1.54) is 0 Å². The molecule has 0 aliphatic heterocycles. The van der Waals surface area contributed by atoms with E-state index in [4.69, 9.17) is 4.42 Å². The maximum absolute atomic E-state index is 12.0. The zero-order valence-electron chi connectivity index (χ0n) is 9.36. The molecule has 0 aliphatic carbocycles. The number of aryl methyl sites for hydroxylation is 2. The fourth-order valence-electron chi connectivity index (χ4n) is 1.58. The molecular weight excluding hydrogens is 221 g/mol. The molecule has 90 valence electrons. The molecule has 0 radical (unpaired) electrons. The van der Waals surface area contributed by atoms with E-state index in [1.54, 1.807) is 20.8 Å². The molecule has 0 atom stereocenters. The highest BCUT2D eigenvalue weighted by Gasteiger charge is 2.29. The first kappa shape index (κ1) is 12.8. The van der Waals surface area contributed by atoms with Crippen LogP contribution in [0.4, 0.5) is 13.2 Å². The Hall–Kier alpha value is -1.26. The second-order valence-electron chi connectivity index (χ2n) is 3.75. The van der Waals surface area contributed by atoms with Gasteiger partial charge in [0.05, 0.1) is 12.0 Å².